The zero-order valence-corrected chi connectivity index (χ0v) is 15.0. The summed E-state index contributed by atoms with van der Waals surface area (Å²) in [5.41, 5.74) is 1.42. The van der Waals surface area contributed by atoms with Crippen LogP contribution in [0.15, 0.2) is 30.3 Å². The molecule has 1 heterocycles. The number of benzene rings is 1. The summed E-state index contributed by atoms with van der Waals surface area (Å²) in [4.78, 5) is 7.43. The van der Waals surface area contributed by atoms with Crippen LogP contribution in [-0.2, 0) is 6.54 Å². The number of hydrogen-bond acceptors (Lipinski definition) is 3. The van der Waals surface area contributed by atoms with E-state index in [0.29, 0.717) is 6.17 Å². The maximum absolute atomic E-state index is 2.62. The largest absolute Gasteiger partial charge is 0.309 e. The van der Waals surface area contributed by atoms with Crippen molar-refractivity contribution in [3.63, 3.8) is 0 Å². The molecule has 0 aromatic heterocycles. The molecule has 0 saturated carbocycles. The first-order valence-corrected chi connectivity index (χ1v) is 8.32. The molecule has 1 atom stereocenters. The van der Waals surface area contributed by atoms with Crippen LogP contribution >= 0.6 is 0 Å². The lowest BCUT2D eigenvalue weighted by atomic mass is 10.1. The summed E-state index contributed by atoms with van der Waals surface area (Å²) in [5.74, 6) is 0. The highest BCUT2D eigenvalue weighted by Gasteiger charge is 2.36. The Morgan fingerprint density at radius 2 is 1.82 bits per heavy atom. The SMILES string of the molecule is CN(C)CCN1CCN(C)C([N+](C)(C)Cc2ccccc2)C1. The van der Waals surface area contributed by atoms with Crippen molar-refractivity contribution in [1.82, 2.24) is 14.7 Å². The Balaban J connectivity index is 2.00. The van der Waals surface area contributed by atoms with E-state index in [-0.39, 0.29) is 0 Å². The van der Waals surface area contributed by atoms with Crippen molar-refractivity contribution in [3.8, 4) is 0 Å². The summed E-state index contributed by atoms with van der Waals surface area (Å²) in [7, 11) is 11.3. The van der Waals surface area contributed by atoms with E-state index in [2.05, 4.69) is 80.3 Å². The average molecular weight is 305 g/mol. The number of likely N-dealkylation sites (N-methyl/N-ethyl adjacent to an activating group) is 3. The molecule has 0 radical (unpaired) electrons. The zero-order valence-electron chi connectivity index (χ0n) is 15.0. The molecule has 1 saturated heterocycles. The summed E-state index contributed by atoms with van der Waals surface area (Å²) in [5, 5.41) is 0. The molecule has 1 fully saturated rings. The highest BCUT2D eigenvalue weighted by Crippen LogP contribution is 2.20. The Bertz CT molecular complexity index is 444. The summed E-state index contributed by atoms with van der Waals surface area (Å²) in [6, 6.07) is 10.9. The second kappa shape index (κ2) is 7.55. The van der Waals surface area contributed by atoms with Gasteiger partial charge in [-0.25, -0.2) is 0 Å². The van der Waals surface area contributed by atoms with E-state index < -0.39 is 0 Å². The minimum Gasteiger partial charge on any atom is -0.309 e. The van der Waals surface area contributed by atoms with E-state index in [1.165, 1.54) is 18.7 Å². The van der Waals surface area contributed by atoms with Crippen LogP contribution in [0.1, 0.15) is 5.56 Å². The van der Waals surface area contributed by atoms with E-state index in [9.17, 15) is 0 Å². The molecule has 0 bridgehead atoms. The third kappa shape index (κ3) is 4.78. The Morgan fingerprint density at radius 1 is 1.14 bits per heavy atom. The first-order chi connectivity index (χ1) is 10.4. The van der Waals surface area contributed by atoms with Crippen LogP contribution in [0.5, 0.6) is 0 Å². The van der Waals surface area contributed by atoms with E-state index in [1.807, 2.05) is 0 Å². The van der Waals surface area contributed by atoms with Gasteiger partial charge < -0.3 is 9.38 Å². The summed E-state index contributed by atoms with van der Waals surface area (Å²) in [6.07, 6.45) is 0.552. The summed E-state index contributed by atoms with van der Waals surface area (Å²) < 4.78 is 1.01. The van der Waals surface area contributed by atoms with Gasteiger partial charge in [0.15, 0.2) is 6.17 Å². The Kier molecular flexibility index (Phi) is 5.98. The predicted molar refractivity (Wildman–Crippen MR) is 93.7 cm³/mol. The zero-order chi connectivity index (χ0) is 16.2. The second-order valence-electron chi connectivity index (χ2n) is 7.49. The first kappa shape index (κ1) is 17.4. The van der Waals surface area contributed by atoms with Gasteiger partial charge in [0.2, 0.25) is 0 Å². The Morgan fingerprint density at radius 3 is 2.45 bits per heavy atom. The molecule has 4 nitrogen and oxygen atoms in total. The van der Waals surface area contributed by atoms with E-state index in [0.717, 1.165) is 30.7 Å². The van der Waals surface area contributed by atoms with Gasteiger partial charge in [0, 0.05) is 31.7 Å². The maximum atomic E-state index is 2.62. The van der Waals surface area contributed by atoms with Gasteiger partial charge in [-0.1, -0.05) is 30.3 Å². The maximum Gasteiger partial charge on any atom is 0.158 e. The van der Waals surface area contributed by atoms with Gasteiger partial charge in [0.25, 0.3) is 0 Å². The number of hydrogen-bond donors (Lipinski definition) is 0. The van der Waals surface area contributed by atoms with Crippen LogP contribution in [0.4, 0.5) is 0 Å². The monoisotopic (exact) mass is 305 g/mol. The molecule has 1 aromatic rings. The Hall–Kier alpha value is -0.940. The molecule has 0 spiro atoms. The molecule has 0 N–H and O–H groups in total. The van der Waals surface area contributed by atoms with Crippen molar-refractivity contribution < 1.29 is 4.48 Å². The van der Waals surface area contributed by atoms with E-state index >= 15 is 0 Å². The quantitative estimate of drug-likeness (QED) is 0.736. The van der Waals surface area contributed by atoms with Crippen LogP contribution in [0.3, 0.4) is 0 Å². The lowest BCUT2D eigenvalue weighted by Crippen LogP contribution is -2.64. The lowest BCUT2D eigenvalue weighted by Gasteiger charge is -2.48. The fraction of sp³-hybridized carbons (Fsp3) is 0.667. The highest BCUT2D eigenvalue weighted by molar-refractivity contribution is 5.13. The van der Waals surface area contributed by atoms with Crippen LogP contribution in [-0.4, -0.2) is 93.3 Å². The molecule has 1 aromatic carbocycles. The van der Waals surface area contributed by atoms with Crippen LogP contribution in [0.25, 0.3) is 0 Å². The van der Waals surface area contributed by atoms with Gasteiger partial charge in [-0.2, -0.15) is 0 Å². The number of piperazine rings is 1. The number of rotatable bonds is 6. The standard InChI is InChI=1S/C18H33N4/c1-19(2)11-13-21-14-12-20(3)18(15-21)22(4,5)16-17-9-7-6-8-10-17/h6-10,18H,11-16H2,1-5H3/q+1. The van der Waals surface area contributed by atoms with Gasteiger partial charge in [0.1, 0.15) is 6.54 Å². The van der Waals surface area contributed by atoms with Gasteiger partial charge in [-0.15, -0.1) is 0 Å². The Labute approximate surface area is 136 Å². The predicted octanol–water partition coefficient (Wildman–Crippen LogP) is 1.40. The number of nitrogens with zero attached hydrogens (tertiary/aromatic N) is 4. The van der Waals surface area contributed by atoms with Crippen LogP contribution < -0.4 is 0 Å². The molecule has 1 unspecified atom stereocenters. The van der Waals surface area contributed by atoms with E-state index in [1.54, 1.807) is 0 Å². The molecule has 2 rings (SSSR count). The molecule has 1 aliphatic heterocycles. The molecular formula is C18H33N4+. The van der Waals surface area contributed by atoms with Crippen molar-refractivity contribution in [1.29, 1.82) is 0 Å². The minimum absolute atomic E-state index is 0.552. The fourth-order valence-corrected chi connectivity index (χ4v) is 3.37. The molecule has 124 valence electrons. The minimum atomic E-state index is 0.552. The molecule has 22 heavy (non-hydrogen) atoms. The van der Waals surface area contributed by atoms with Crippen molar-refractivity contribution in [2.75, 3.05) is 68.0 Å². The van der Waals surface area contributed by atoms with Crippen molar-refractivity contribution in [2.45, 2.75) is 12.7 Å². The summed E-state index contributed by atoms with van der Waals surface area (Å²) in [6.45, 7) is 6.90. The molecule has 4 heteroatoms. The average Bonchev–Trinajstić information content (AvgIpc) is 2.46. The second-order valence-corrected chi connectivity index (χ2v) is 7.49. The topological polar surface area (TPSA) is 9.72 Å². The number of quaternary nitrogens is 1. The third-order valence-electron chi connectivity index (χ3n) is 4.80. The molecular weight excluding hydrogens is 272 g/mol. The fourth-order valence-electron chi connectivity index (χ4n) is 3.37. The van der Waals surface area contributed by atoms with Gasteiger partial charge in [0.05, 0.1) is 20.6 Å². The van der Waals surface area contributed by atoms with Gasteiger partial charge >= 0.3 is 0 Å². The van der Waals surface area contributed by atoms with E-state index in [4.69, 9.17) is 0 Å². The van der Waals surface area contributed by atoms with Crippen molar-refractivity contribution >= 4 is 0 Å². The molecule has 1 aliphatic rings. The van der Waals surface area contributed by atoms with Crippen molar-refractivity contribution in [3.05, 3.63) is 35.9 Å². The molecule has 0 amide bonds. The first-order valence-electron chi connectivity index (χ1n) is 8.32. The third-order valence-corrected chi connectivity index (χ3v) is 4.80. The highest BCUT2D eigenvalue weighted by atomic mass is 15.5. The smallest absolute Gasteiger partial charge is 0.158 e. The van der Waals surface area contributed by atoms with Crippen molar-refractivity contribution in [2.24, 2.45) is 0 Å². The lowest BCUT2D eigenvalue weighted by molar-refractivity contribution is -0.939. The summed E-state index contributed by atoms with van der Waals surface area (Å²) >= 11 is 0. The van der Waals surface area contributed by atoms with Gasteiger partial charge in [-0.3, -0.25) is 9.80 Å². The molecule has 0 aliphatic carbocycles. The van der Waals surface area contributed by atoms with Gasteiger partial charge in [-0.05, 0) is 21.1 Å². The van der Waals surface area contributed by atoms with Crippen LogP contribution in [0.2, 0.25) is 0 Å². The van der Waals surface area contributed by atoms with Crippen LogP contribution in [0, 0.1) is 0 Å². The normalized spacial score (nSPS) is 21.5.